The van der Waals surface area contributed by atoms with Crippen molar-refractivity contribution in [2.24, 2.45) is 5.73 Å². The van der Waals surface area contributed by atoms with Crippen LogP contribution in [-0.2, 0) is 24.3 Å². The molecule has 1 heterocycles. The van der Waals surface area contributed by atoms with Gasteiger partial charge in [0.1, 0.15) is 5.82 Å². The number of ether oxygens (including phenoxy) is 1. The molecule has 1 aromatic rings. The van der Waals surface area contributed by atoms with Crippen molar-refractivity contribution in [2.45, 2.75) is 4.90 Å². The van der Waals surface area contributed by atoms with Crippen molar-refractivity contribution in [1.29, 1.82) is 0 Å². The predicted molar refractivity (Wildman–Crippen MR) is 99.2 cm³/mol. The number of piperazine rings is 1. The Bertz CT molecular complexity index is 796. The fourth-order valence-electron chi connectivity index (χ4n) is 2.90. The van der Waals surface area contributed by atoms with E-state index in [-0.39, 0.29) is 50.1 Å². The molecular weight excluding hydrogens is 391 g/mol. The summed E-state index contributed by atoms with van der Waals surface area (Å²) in [6.07, 6.45) is 0. The molecule has 1 saturated heterocycles. The highest BCUT2D eigenvalue weighted by atomic mass is 32.2. The first kappa shape index (κ1) is 22.2. The van der Waals surface area contributed by atoms with Gasteiger partial charge in [0.25, 0.3) is 0 Å². The van der Waals surface area contributed by atoms with Crippen molar-refractivity contribution in [3.63, 3.8) is 0 Å². The molecule has 0 aromatic heterocycles. The molecule has 0 aliphatic carbocycles. The first-order chi connectivity index (χ1) is 13.2. The van der Waals surface area contributed by atoms with Crippen LogP contribution < -0.4 is 5.73 Å². The van der Waals surface area contributed by atoms with Crippen molar-refractivity contribution >= 4 is 21.8 Å². The van der Waals surface area contributed by atoms with Gasteiger partial charge < -0.3 is 15.4 Å². The van der Waals surface area contributed by atoms with Gasteiger partial charge in [0.15, 0.2) is 0 Å². The third kappa shape index (κ3) is 5.96. The number of halogens is 1. The number of primary amides is 1. The maximum absolute atomic E-state index is 13.4. The minimum Gasteiger partial charge on any atom is -0.383 e. The van der Waals surface area contributed by atoms with Crippen LogP contribution in [0.1, 0.15) is 0 Å². The normalized spacial score (nSPS) is 15.8. The number of rotatable bonds is 9. The van der Waals surface area contributed by atoms with Gasteiger partial charge in [-0.25, -0.2) is 12.8 Å². The number of sulfonamides is 1. The van der Waals surface area contributed by atoms with Crippen molar-refractivity contribution < 1.29 is 27.1 Å². The standard InChI is InChI=1S/C17H25FN4O5S/c1-27-10-9-20(12-16(19)23)13-17(24)21-5-7-22(8-6-21)28(25,26)15-4-2-3-14(18)11-15/h2-4,11H,5-10,12-13H2,1H3,(H2,19,23). The highest BCUT2D eigenvalue weighted by Gasteiger charge is 2.30. The van der Waals surface area contributed by atoms with Crippen molar-refractivity contribution in [2.75, 3.05) is 59.5 Å². The van der Waals surface area contributed by atoms with Gasteiger partial charge in [-0.3, -0.25) is 14.5 Å². The molecule has 2 amide bonds. The fraction of sp³-hybridized carbons (Fsp3) is 0.529. The summed E-state index contributed by atoms with van der Waals surface area (Å²) >= 11 is 0. The number of hydrogen-bond acceptors (Lipinski definition) is 6. The van der Waals surface area contributed by atoms with E-state index in [9.17, 15) is 22.4 Å². The van der Waals surface area contributed by atoms with Crippen LogP contribution in [0.2, 0.25) is 0 Å². The summed E-state index contributed by atoms with van der Waals surface area (Å²) in [6.45, 7) is 1.28. The molecule has 156 valence electrons. The zero-order valence-electron chi connectivity index (χ0n) is 15.7. The van der Waals surface area contributed by atoms with Crippen LogP contribution in [0, 0.1) is 5.82 Å². The fourth-order valence-corrected chi connectivity index (χ4v) is 4.35. The highest BCUT2D eigenvalue weighted by molar-refractivity contribution is 7.89. The average molecular weight is 416 g/mol. The lowest BCUT2D eigenvalue weighted by Gasteiger charge is -2.35. The van der Waals surface area contributed by atoms with Gasteiger partial charge >= 0.3 is 0 Å². The summed E-state index contributed by atoms with van der Waals surface area (Å²) in [5.74, 6) is -1.39. The molecule has 1 aliphatic rings. The van der Waals surface area contributed by atoms with Crippen LogP contribution in [0.25, 0.3) is 0 Å². The van der Waals surface area contributed by atoms with E-state index < -0.39 is 21.7 Å². The van der Waals surface area contributed by atoms with Crippen LogP contribution in [0.5, 0.6) is 0 Å². The average Bonchev–Trinajstić information content (AvgIpc) is 2.65. The van der Waals surface area contributed by atoms with E-state index in [4.69, 9.17) is 10.5 Å². The molecule has 1 aromatic carbocycles. The van der Waals surface area contributed by atoms with E-state index >= 15 is 0 Å². The van der Waals surface area contributed by atoms with Gasteiger partial charge in [0.2, 0.25) is 21.8 Å². The molecule has 9 nitrogen and oxygen atoms in total. The summed E-state index contributed by atoms with van der Waals surface area (Å²) in [4.78, 5) is 26.7. The zero-order valence-corrected chi connectivity index (χ0v) is 16.5. The molecule has 28 heavy (non-hydrogen) atoms. The Morgan fingerprint density at radius 1 is 1.21 bits per heavy atom. The highest BCUT2D eigenvalue weighted by Crippen LogP contribution is 2.18. The lowest BCUT2D eigenvalue weighted by atomic mass is 10.3. The summed E-state index contributed by atoms with van der Waals surface area (Å²) in [6, 6.07) is 4.84. The molecule has 0 radical (unpaired) electrons. The molecule has 11 heteroatoms. The van der Waals surface area contributed by atoms with E-state index in [1.54, 1.807) is 9.80 Å². The monoisotopic (exact) mass is 416 g/mol. The van der Waals surface area contributed by atoms with Crippen LogP contribution in [-0.4, -0.2) is 93.9 Å². The van der Waals surface area contributed by atoms with Gasteiger partial charge in [-0.15, -0.1) is 0 Å². The van der Waals surface area contributed by atoms with Gasteiger partial charge in [0, 0.05) is 39.8 Å². The van der Waals surface area contributed by atoms with Crippen LogP contribution in [0.15, 0.2) is 29.2 Å². The maximum atomic E-state index is 13.4. The van der Waals surface area contributed by atoms with Gasteiger partial charge in [-0.05, 0) is 18.2 Å². The lowest BCUT2D eigenvalue weighted by molar-refractivity contribution is -0.134. The summed E-state index contributed by atoms with van der Waals surface area (Å²) in [7, 11) is -2.30. The number of hydrogen-bond donors (Lipinski definition) is 1. The minimum atomic E-state index is -3.82. The molecule has 1 fully saturated rings. The Hall–Kier alpha value is -2.08. The Balaban J connectivity index is 1.94. The van der Waals surface area contributed by atoms with Crippen LogP contribution in [0.3, 0.4) is 0 Å². The molecular formula is C17H25FN4O5S. The lowest BCUT2D eigenvalue weighted by Crippen LogP contribution is -2.53. The first-order valence-electron chi connectivity index (χ1n) is 8.77. The molecule has 0 saturated carbocycles. The van der Waals surface area contributed by atoms with Crippen molar-refractivity contribution in [3.8, 4) is 0 Å². The Morgan fingerprint density at radius 2 is 1.89 bits per heavy atom. The third-order valence-corrected chi connectivity index (χ3v) is 6.27. The number of methoxy groups -OCH3 is 1. The maximum Gasteiger partial charge on any atom is 0.243 e. The van der Waals surface area contributed by atoms with Crippen LogP contribution in [0.4, 0.5) is 4.39 Å². The van der Waals surface area contributed by atoms with E-state index in [2.05, 4.69) is 0 Å². The molecule has 0 unspecified atom stereocenters. The van der Waals surface area contributed by atoms with Gasteiger partial charge in [-0.1, -0.05) is 6.07 Å². The largest absolute Gasteiger partial charge is 0.383 e. The molecule has 0 bridgehead atoms. The van der Waals surface area contributed by atoms with E-state index in [1.807, 2.05) is 0 Å². The molecule has 2 rings (SSSR count). The van der Waals surface area contributed by atoms with E-state index in [0.29, 0.717) is 13.2 Å². The number of nitrogens with zero attached hydrogens (tertiary/aromatic N) is 3. The second-order valence-electron chi connectivity index (χ2n) is 6.41. The summed E-state index contributed by atoms with van der Waals surface area (Å²) in [5, 5.41) is 0. The van der Waals surface area contributed by atoms with E-state index in [0.717, 1.165) is 6.07 Å². The van der Waals surface area contributed by atoms with Gasteiger partial charge in [0.05, 0.1) is 24.6 Å². The third-order valence-electron chi connectivity index (χ3n) is 4.38. The smallest absolute Gasteiger partial charge is 0.243 e. The van der Waals surface area contributed by atoms with Crippen LogP contribution >= 0.6 is 0 Å². The Labute approximate surface area is 163 Å². The predicted octanol–water partition coefficient (Wildman–Crippen LogP) is -0.908. The molecule has 1 aliphatic heterocycles. The molecule has 0 atom stereocenters. The SMILES string of the molecule is COCCN(CC(N)=O)CC(=O)N1CCN(S(=O)(=O)c2cccc(F)c2)CC1. The molecule has 0 spiro atoms. The van der Waals surface area contributed by atoms with Crippen molar-refractivity contribution in [1.82, 2.24) is 14.1 Å². The second kappa shape index (κ2) is 9.92. The number of nitrogens with two attached hydrogens (primary N) is 1. The molecule has 2 N–H and O–H groups in total. The number of carbonyl (C=O) groups excluding carboxylic acids is 2. The zero-order chi connectivity index (χ0) is 20.7. The number of amides is 2. The minimum absolute atomic E-state index is 0.0110. The summed E-state index contributed by atoms with van der Waals surface area (Å²) < 4.78 is 44.8. The number of carbonyl (C=O) groups is 2. The van der Waals surface area contributed by atoms with Gasteiger partial charge in [-0.2, -0.15) is 4.31 Å². The first-order valence-corrected chi connectivity index (χ1v) is 10.2. The number of benzene rings is 1. The Kier molecular flexibility index (Phi) is 7.87. The van der Waals surface area contributed by atoms with Crippen molar-refractivity contribution in [3.05, 3.63) is 30.1 Å². The quantitative estimate of drug-likeness (QED) is 0.558. The summed E-state index contributed by atoms with van der Waals surface area (Å²) in [5.41, 5.74) is 5.20. The second-order valence-corrected chi connectivity index (χ2v) is 8.35. The van der Waals surface area contributed by atoms with E-state index in [1.165, 1.54) is 29.6 Å². The topological polar surface area (TPSA) is 113 Å². The Morgan fingerprint density at radius 3 is 2.46 bits per heavy atom.